The molecule has 1 atom stereocenters. The minimum atomic E-state index is -4.59. The molecule has 5 nitrogen and oxygen atoms in total. The van der Waals surface area contributed by atoms with E-state index in [0.717, 1.165) is 18.9 Å². The second-order valence-corrected chi connectivity index (χ2v) is 7.44. The van der Waals surface area contributed by atoms with Gasteiger partial charge in [0.05, 0.1) is 0 Å². The van der Waals surface area contributed by atoms with Gasteiger partial charge in [-0.3, -0.25) is 0 Å². The maximum Gasteiger partial charge on any atom is 0.433 e. The van der Waals surface area contributed by atoms with Crippen LogP contribution >= 0.6 is 0 Å². The highest BCUT2D eigenvalue weighted by atomic mass is 19.4. The number of benzene rings is 1. The minimum absolute atomic E-state index is 0.00726. The van der Waals surface area contributed by atoms with Crippen molar-refractivity contribution in [3.63, 3.8) is 0 Å². The van der Waals surface area contributed by atoms with Gasteiger partial charge in [0.25, 0.3) is 5.89 Å². The average Bonchev–Trinajstić information content (AvgIpc) is 3.43. The Morgan fingerprint density at radius 2 is 1.70 bits per heavy atom. The third-order valence-corrected chi connectivity index (χ3v) is 5.10. The molecule has 10 heteroatoms. The molecule has 2 aromatic heterocycles. The molecule has 3 heterocycles. The lowest BCUT2D eigenvalue weighted by Crippen LogP contribution is -2.44. The molecular formula is C20H14F5N3O2. The molecule has 1 saturated heterocycles. The maximum atomic E-state index is 13.5. The van der Waals surface area contributed by atoms with Gasteiger partial charge in [-0.15, -0.1) is 0 Å². The molecule has 0 radical (unpaired) electrons. The topological polar surface area (TPSA) is 61.0 Å². The van der Waals surface area contributed by atoms with Crippen molar-refractivity contribution in [2.75, 3.05) is 6.61 Å². The lowest BCUT2D eigenvalue weighted by Gasteiger charge is -2.36. The van der Waals surface area contributed by atoms with Crippen molar-refractivity contribution in [3.05, 3.63) is 53.3 Å². The number of pyridine rings is 1. The molecule has 0 N–H and O–H groups in total. The summed E-state index contributed by atoms with van der Waals surface area (Å²) in [5.41, 5.74) is 0.274. The Hall–Kier alpha value is -2.88. The normalized spacial score (nSPS) is 20.8. The van der Waals surface area contributed by atoms with Gasteiger partial charge < -0.3 is 9.26 Å². The van der Waals surface area contributed by atoms with E-state index in [4.69, 9.17) is 9.26 Å². The Morgan fingerprint density at radius 1 is 0.967 bits per heavy atom. The first-order valence-corrected chi connectivity index (χ1v) is 9.24. The quantitative estimate of drug-likeness (QED) is 0.526. The molecule has 30 heavy (non-hydrogen) atoms. The maximum absolute atomic E-state index is 13.5. The fraction of sp³-hybridized carbons (Fsp3) is 0.350. The SMILES string of the molecule is FC(F)(F)c1cc(-c2nc(-c3ccc(C4OCC4(F)F)cc3)no2)cc(C2CC2)n1. The van der Waals surface area contributed by atoms with E-state index in [1.807, 2.05) is 0 Å². The van der Waals surface area contributed by atoms with Crippen LogP contribution in [0.25, 0.3) is 22.8 Å². The van der Waals surface area contributed by atoms with Gasteiger partial charge in [-0.1, -0.05) is 29.4 Å². The third kappa shape index (κ3) is 3.45. The van der Waals surface area contributed by atoms with Gasteiger partial charge in [0, 0.05) is 22.7 Å². The predicted octanol–water partition coefficient (Wildman–Crippen LogP) is 5.40. The number of hydrogen-bond acceptors (Lipinski definition) is 5. The zero-order valence-electron chi connectivity index (χ0n) is 15.3. The van der Waals surface area contributed by atoms with Crippen molar-refractivity contribution < 1.29 is 31.2 Å². The van der Waals surface area contributed by atoms with E-state index in [-0.39, 0.29) is 23.2 Å². The van der Waals surface area contributed by atoms with Crippen LogP contribution in [-0.2, 0) is 10.9 Å². The molecule has 1 saturated carbocycles. The fourth-order valence-corrected chi connectivity index (χ4v) is 3.31. The number of halogens is 5. The van der Waals surface area contributed by atoms with E-state index in [2.05, 4.69) is 15.1 Å². The summed E-state index contributed by atoms with van der Waals surface area (Å²) in [6, 6.07) is 8.42. The molecule has 0 amide bonds. The summed E-state index contributed by atoms with van der Waals surface area (Å²) in [5.74, 6) is -2.83. The van der Waals surface area contributed by atoms with Crippen LogP contribution < -0.4 is 0 Å². The van der Waals surface area contributed by atoms with Crippen LogP contribution in [0, 0.1) is 0 Å². The lowest BCUT2D eigenvalue weighted by molar-refractivity contribution is -0.268. The van der Waals surface area contributed by atoms with Crippen molar-refractivity contribution >= 4 is 0 Å². The second-order valence-electron chi connectivity index (χ2n) is 7.44. The Balaban J connectivity index is 1.44. The van der Waals surface area contributed by atoms with Crippen LogP contribution in [0.3, 0.4) is 0 Å². The molecule has 1 aliphatic carbocycles. The first-order valence-electron chi connectivity index (χ1n) is 9.24. The standard InChI is InChI=1S/C20H14F5N3O2/c21-19(22)9-29-16(19)11-3-5-12(6-4-11)17-27-18(30-28-17)13-7-14(10-1-2-10)26-15(8-13)20(23,24)25/h3-8,10,16H,1-2,9H2. The second kappa shape index (κ2) is 6.56. The molecule has 5 rings (SSSR count). The first-order chi connectivity index (χ1) is 14.2. The summed E-state index contributed by atoms with van der Waals surface area (Å²) in [6.45, 7) is -0.609. The lowest BCUT2D eigenvalue weighted by atomic mass is 9.98. The highest BCUT2D eigenvalue weighted by Gasteiger charge is 2.51. The number of hydrogen-bond donors (Lipinski definition) is 0. The van der Waals surface area contributed by atoms with E-state index in [9.17, 15) is 22.0 Å². The Bertz CT molecular complexity index is 1090. The molecule has 1 aliphatic heterocycles. The van der Waals surface area contributed by atoms with E-state index >= 15 is 0 Å². The summed E-state index contributed by atoms with van der Waals surface area (Å²) in [7, 11) is 0. The number of aromatic nitrogens is 3. The summed E-state index contributed by atoms with van der Waals surface area (Å²) in [4.78, 5) is 7.90. The highest BCUT2D eigenvalue weighted by molar-refractivity contribution is 5.61. The van der Waals surface area contributed by atoms with Crippen molar-refractivity contribution in [2.45, 2.75) is 37.0 Å². The van der Waals surface area contributed by atoms with Crippen molar-refractivity contribution in [1.82, 2.24) is 15.1 Å². The van der Waals surface area contributed by atoms with Crippen LogP contribution in [0.15, 0.2) is 40.9 Å². The van der Waals surface area contributed by atoms with Crippen LogP contribution in [0.1, 0.15) is 41.8 Å². The Kier molecular flexibility index (Phi) is 4.18. The molecular weight excluding hydrogens is 409 g/mol. The number of alkyl halides is 5. The van der Waals surface area contributed by atoms with Crippen LogP contribution in [0.5, 0.6) is 0 Å². The Morgan fingerprint density at radius 3 is 2.27 bits per heavy atom. The van der Waals surface area contributed by atoms with E-state index in [1.54, 1.807) is 0 Å². The molecule has 0 spiro atoms. The predicted molar refractivity (Wildman–Crippen MR) is 93.6 cm³/mol. The summed E-state index contributed by atoms with van der Waals surface area (Å²) < 4.78 is 76.7. The minimum Gasteiger partial charge on any atom is -0.361 e. The Labute approximate surface area is 166 Å². The zero-order chi connectivity index (χ0) is 21.1. The zero-order valence-corrected chi connectivity index (χ0v) is 15.3. The van der Waals surface area contributed by atoms with Gasteiger partial charge in [0.1, 0.15) is 18.4 Å². The molecule has 1 unspecified atom stereocenters. The summed E-state index contributed by atoms with van der Waals surface area (Å²) in [6.07, 6.45) is -4.30. The van der Waals surface area contributed by atoms with Crippen molar-refractivity contribution in [1.29, 1.82) is 0 Å². The van der Waals surface area contributed by atoms with Crippen molar-refractivity contribution in [3.8, 4) is 22.8 Å². The highest BCUT2D eigenvalue weighted by Crippen LogP contribution is 2.44. The third-order valence-electron chi connectivity index (χ3n) is 5.10. The van der Waals surface area contributed by atoms with Gasteiger partial charge in [-0.05, 0) is 30.5 Å². The van der Waals surface area contributed by atoms with Gasteiger partial charge in [0.15, 0.2) is 0 Å². The number of ether oxygens (including phenoxy) is 1. The molecule has 2 aliphatic rings. The smallest absolute Gasteiger partial charge is 0.361 e. The van der Waals surface area contributed by atoms with Gasteiger partial charge >= 0.3 is 12.1 Å². The average molecular weight is 423 g/mol. The monoisotopic (exact) mass is 423 g/mol. The largest absolute Gasteiger partial charge is 0.433 e. The van der Waals surface area contributed by atoms with E-state index in [0.29, 0.717) is 16.8 Å². The molecule has 3 aromatic rings. The molecule has 156 valence electrons. The molecule has 2 fully saturated rings. The summed E-state index contributed by atoms with van der Waals surface area (Å²) >= 11 is 0. The van der Waals surface area contributed by atoms with Crippen LogP contribution in [-0.4, -0.2) is 27.7 Å². The molecule has 0 bridgehead atoms. The van der Waals surface area contributed by atoms with Gasteiger partial charge in [-0.25, -0.2) is 13.8 Å². The van der Waals surface area contributed by atoms with Crippen LogP contribution in [0.4, 0.5) is 22.0 Å². The van der Waals surface area contributed by atoms with E-state index < -0.39 is 30.5 Å². The fourth-order valence-electron chi connectivity index (χ4n) is 3.31. The number of rotatable bonds is 4. The van der Waals surface area contributed by atoms with Gasteiger partial charge in [0.2, 0.25) is 5.82 Å². The van der Waals surface area contributed by atoms with Gasteiger partial charge in [-0.2, -0.15) is 18.2 Å². The van der Waals surface area contributed by atoms with Crippen molar-refractivity contribution in [2.24, 2.45) is 0 Å². The van der Waals surface area contributed by atoms with E-state index in [1.165, 1.54) is 30.3 Å². The first kappa shape index (κ1) is 19.1. The van der Waals surface area contributed by atoms with Crippen LogP contribution in [0.2, 0.25) is 0 Å². The summed E-state index contributed by atoms with van der Waals surface area (Å²) in [5, 5.41) is 3.81. The number of nitrogens with zero attached hydrogens (tertiary/aromatic N) is 3. The molecule has 1 aromatic carbocycles.